The number of sulfonamides is 1. The van der Waals surface area contributed by atoms with Gasteiger partial charge in [0.05, 0.1) is 17.5 Å². The summed E-state index contributed by atoms with van der Waals surface area (Å²) in [6, 6.07) is 0. The molecule has 114 valence electrons. The van der Waals surface area contributed by atoms with Crippen LogP contribution in [0.3, 0.4) is 0 Å². The van der Waals surface area contributed by atoms with Gasteiger partial charge in [-0.1, -0.05) is 36.7 Å². The molecule has 1 fully saturated rings. The van der Waals surface area contributed by atoms with Gasteiger partial charge in [-0.3, -0.25) is 0 Å². The Hall–Kier alpha value is 0.350. The van der Waals surface area contributed by atoms with Gasteiger partial charge in [0, 0.05) is 18.4 Å². The Morgan fingerprint density at radius 2 is 1.95 bits per heavy atom. The lowest BCUT2D eigenvalue weighted by Gasteiger charge is -2.41. The van der Waals surface area contributed by atoms with Gasteiger partial charge >= 0.3 is 0 Å². The summed E-state index contributed by atoms with van der Waals surface area (Å²) in [4.78, 5) is 0. The van der Waals surface area contributed by atoms with Crippen LogP contribution in [0.5, 0.6) is 0 Å². The van der Waals surface area contributed by atoms with Crippen LogP contribution in [0.4, 0.5) is 0 Å². The Morgan fingerprint density at radius 1 is 1.37 bits per heavy atom. The summed E-state index contributed by atoms with van der Waals surface area (Å²) < 4.78 is 32.3. The maximum absolute atomic E-state index is 12.4. The zero-order chi connectivity index (χ0) is 14.9. The number of alkyl halides is 1. The van der Waals surface area contributed by atoms with Crippen LogP contribution in [-0.4, -0.2) is 48.6 Å². The van der Waals surface area contributed by atoms with Crippen molar-refractivity contribution in [3.63, 3.8) is 0 Å². The molecule has 1 aliphatic heterocycles. The number of nitrogens with zero attached hydrogens (tertiary/aromatic N) is 1. The molecular formula is C13H26BrNO3S. The van der Waals surface area contributed by atoms with Crippen molar-refractivity contribution in [2.45, 2.75) is 52.7 Å². The molecule has 0 aliphatic carbocycles. The fraction of sp³-hybridized carbons (Fsp3) is 1.00. The van der Waals surface area contributed by atoms with Gasteiger partial charge < -0.3 is 4.74 Å². The van der Waals surface area contributed by atoms with Crippen molar-refractivity contribution < 1.29 is 13.2 Å². The van der Waals surface area contributed by atoms with Crippen LogP contribution in [0.25, 0.3) is 0 Å². The minimum atomic E-state index is -3.20. The molecule has 19 heavy (non-hydrogen) atoms. The maximum Gasteiger partial charge on any atom is 0.214 e. The molecule has 0 bridgehead atoms. The van der Waals surface area contributed by atoms with Crippen LogP contribution in [0.2, 0.25) is 0 Å². The monoisotopic (exact) mass is 355 g/mol. The summed E-state index contributed by atoms with van der Waals surface area (Å²) in [7, 11) is -3.20. The molecule has 4 nitrogen and oxygen atoms in total. The van der Waals surface area contributed by atoms with E-state index in [0.717, 1.165) is 0 Å². The van der Waals surface area contributed by atoms with Gasteiger partial charge in [-0.2, -0.15) is 4.31 Å². The topological polar surface area (TPSA) is 46.6 Å². The first-order chi connectivity index (χ1) is 8.45. The molecule has 1 rings (SSSR count). The van der Waals surface area contributed by atoms with Crippen molar-refractivity contribution in [1.29, 1.82) is 0 Å². The predicted molar refractivity (Wildman–Crippen MR) is 82.2 cm³/mol. The van der Waals surface area contributed by atoms with Crippen LogP contribution in [0.15, 0.2) is 0 Å². The first-order valence-electron chi connectivity index (χ1n) is 6.67. The standard InChI is InChI=1S/C13H26BrNO3S/c1-12(2,3)6-7-19(16,17)15-9-11(8-14)18-13(4,5)10-15/h11H,6-10H2,1-5H3. The van der Waals surface area contributed by atoms with E-state index in [4.69, 9.17) is 4.74 Å². The molecule has 6 heteroatoms. The molecule has 1 unspecified atom stereocenters. The summed E-state index contributed by atoms with van der Waals surface area (Å²) in [5.41, 5.74) is -0.394. The molecule has 0 saturated carbocycles. The van der Waals surface area contributed by atoms with Gasteiger partial charge in [0.2, 0.25) is 10.0 Å². The van der Waals surface area contributed by atoms with E-state index in [2.05, 4.69) is 36.7 Å². The van der Waals surface area contributed by atoms with Gasteiger partial charge in [0.1, 0.15) is 0 Å². The quantitative estimate of drug-likeness (QED) is 0.728. The number of ether oxygens (including phenoxy) is 1. The fourth-order valence-electron chi connectivity index (χ4n) is 2.10. The van der Waals surface area contributed by atoms with E-state index >= 15 is 0 Å². The number of hydrogen-bond donors (Lipinski definition) is 0. The zero-order valence-electron chi connectivity index (χ0n) is 12.6. The second-order valence-electron chi connectivity index (χ2n) is 7.07. The van der Waals surface area contributed by atoms with Crippen molar-refractivity contribution in [3.05, 3.63) is 0 Å². The van der Waals surface area contributed by atoms with Crippen LogP contribution in [0.1, 0.15) is 41.0 Å². The lowest BCUT2D eigenvalue weighted by atomic mass is 9.94. The number of halogens is 1. The van der Waals surface area contributed by atoms with Crippen molar-refractivity contribution >= 4 is 26.0 Å². The molecule has 0 spiro atoms. The maximum atomic E-state index is 12.4. The Morgan fingerprint density at radius 3 is 2.42 bits per heavy atom. The van der Waals surface area contributed by atoms with Crippen LogP contribution >= 0.6 is 15.9 Å². The second-order valence-corrected chi connectivity index (χ2v) is 9.81. The van der Waals surface area contributed by atoms with Crippen LogP contribution in [-0.2, 0) is 14.8 Å². The van der Waals surface area contributed by atoms with E-state index in [0.29, 0.717) is 24.8 Å². The minimum Gasteiger partial charge on any atom is -0.369 e. The number of hydrogen-bond acceptors (Lipinski definition) is 3. The predicted octanol–water partition coefficient (Wildman–Crippen LogP) is 2.63. The summed E-state index contributed by atoms with van der Waals surface area (Å²) in [5, 5.41) is 0.654. The second kappa shape index (κ2) is 6.00. The third-order valence-electron chi connectivity index (χ3n) is 3.13. The van der Waals surface area contributed by atoms with Gasteiger partial charge in [-0.25, -0.2) is 8.42 Å². The first kappa shape index (κ1) is 17.4. The molecule has 0 aromatic heterocycles. The van der Waals surface area contributed by atoms with Crippen molar-refractivity contribution in [3.8, 4) is 0 Å². The van der Waals surface area contributed by atoms with Gasteiger partial charge in [0.15, 0.2) is 0 Å². The first-order valence-corrected chi connectivity index (χ1v) is 9.40. The third-order valence-corrected chi connectivity index (χ3v) is 5.63. The molecule has 0 aromatic carbocycles. The van der Waals surface area contributed by atoms with Crippen LogP contribution in [0, 0.1) is 5.41 Å². The van der Waals surface area contributed by atoms with E-state index in [-0.39, 0.29) is 17.3 Å². The third kappa shape index (κ3) is 5.69. The average Bonchev–Trinajstić information content (AvgIpc) is 2.23. The Bertz CT molecular complexity index is 401. The molecule has 0 amide bonds. The molecule has 0 radical (unpaired) electrons. The largest absolute Gasteiger partial charge is 0.369 e. The van der Waals surface area contributed by atoms with Gasteiger partial charge in [0.25, 0.3) is 0 Å². The Kier molecular flexibility index (Phi) is 5.49. The van der Waals surface area contributed by atoms with Crippen molar-refractivity contribution in [1.82, 2.24) is 4.31 Å². The normalized spacial score (nSPS) is 25.5. The number of morpholine rings is 1. The molecule has 0 N–H and O–H groups in total. The lowest BCUT2D eigenvalue weighted by Crippen LogP contribution is -2.55. The van der Waals surface area contributed by atoms with E-state index in [1.807, 2.05) is 13.8 Å². The molecule has 1 aliphatic rings. The Labute approximate surface area is 126 Å². The summed E-state index contributed by atoms with van der Waals surface area (Å²) in [6.07, 6.45) is 0.597. The highest BCUT2D eigenvalue weighted by atomic mass is 79.9. The summed E-state index contributed by atoms with van der Waals surface area (Å²) in [5.74, 6) is 0.210. The minimum absolute atomic E-state index is 0.0314. The number of rotatable bonds is 4. The van der Waals surface area contributed by atoms with Gasteiger partial charge in [-0.15, -0.1) is 0 Å². The SMILES string of the molecule is CC(C)(C)CCS(=O)(=O)N1CC(CBr)OC(C)(C)C1. The molecule has 1 atom stereocenters. The zero-order valence-corrected chi connectivity index (χ0v) is 15.0. The molecule has 0 aromatic rings. The van der Waals surface area contributed by atoms with E-state index < -0.39 is 15.6 Å². The summed E-state index contributed by atoms with van der Waals surface area (Å²) >= 11 is 3.38. The van der Waals surface area contributed by atoms with E-state index in [1.54, 1.807) is 4.31 Å². The Balaban J connectivity index is 2.77. The van der Waals surface area contributed by atoms with Crippen molar-refractivity contribution in [2.24, 2.45) is 5.41 Å². The lowest BCUT2D eigenvalue weighted by molar-refractivity contribution is -0.106. The fourth-order valence-corrected chi connectivity index (χ4v) is 4.46. The van der Waals surface area contributed by atoms with Crippen LogP contribution < -0.4 is 0 Å². The van der Waals surface area contributed by atoms with Gasteiger partial charge in [-0.05, 0) is 25.7 Å². The molecule has 1 saturated heterocycles. The molecule has 1 heterocycles. The highest BCUT2D eigenvalue weighted by Crippen LogP contribution is 2.26. The smallest absolute Gasteiger partial charge is 0.214 e. The summed E-state index contributed by atoms with van der Waals surface area (Å²) in [6.45, 7) is 10.9. The highest BCUT2D eigenvalue weighted by molar-refractivity contribution is 9.09. The van der Waals surface area contributed by atoms with E-state index in [1.165, 1.54) is 0 Å². The van der Waals surface area contributed by atoms with E-state index in [9.17, 15) is 8.42 Å². The molecular weight excluding hydrogens is 330 g/mol. The average molecular weight is 356 g/mol. The highest BCUT2D eigenvalue weighted by Gasteiger charge is 2.38. The van der Waals surface area contributed by atoms with Crippen molar-refractivity contribution in [2.75, 3.05) is 24.2 Å².